The third-order valence-corrected chi connectivity index (χ3v) is 5.92. The molecule has 0 aliphatic carbocycles. The molecule has 108 valence electrons. The summed E-state index contributed by atoms with van der Waals surface area (Å²) in [5, 5.41) is 17.2. The molecule has 1 heterocycles. The van der Waals surface area contributed by atoms with E-state index in [0.29, 0.717) is 19.3 Å². The lowest BCUT2D eigenvalue weighted by Gasteiger charge is -2.24. The SMILES string of the molecule is CCCC1(C(=O)O)CCN(S(=O)(=O)C(C#N)CC)C1. The van der Waals surface area contributed by atoms with Gasteiger partial charge in [-0.2, -0.15) is 9.57 Å². The monoisotopic (exact) mass is 288 g/mol. The van der Waals surface area contributed by atoms with Gasteiger partial charge in [-0.05, 0) is 19.3 Å². The number of rotatable bonds is 6. The molecule has 19 heavy (non-hydrogen) atoms. The van der Waals surface area contributed by atoms with Crippen molar-refractivity contribution in [2.24, 2.45) is 5.41 Å². The Morgan fingerprint density at radius 1 is 1.53 bits per heavy atom. The van der Waals surface area contributed by atoms with Crippen LogP contribution in [-0.4, -0.2) is 42.1 Å². The molecule has 0 saturated carbocycles. The Morgan fingerprint density at radius 2 is 2.16 bits per heavy atom. The summed E-state index contributed by atoms with van der Waals surface area (Å²) in [5.74, 6) is -0.947. The van der Waals surface area contributed by atoms with Crippen molar-refractivity contribution in [2.45, 2.75) is 44.8 Å². The summed E-state index contributed by atoms with van der Waals surface area (Å²) in [5.41, 5.74) is -0.991. The Kier molecular flexibility index (Phi) is 4.93. The van der Waals surface area contributed by atoms with Crippen LogP contribution in [0.1, 0.15) is 39.5 Å². The van der Waals surface area contributed by atoms with E-state index in [2.05, 4.69) is 0 Å². The maximum Gasteiger partial charge on any atom is 0.311 e. The largest absolute Gasteiger partial charge is 0.481 e. The predicted octanol–water partition coefficient (Wildman–Crippen LogP) is 1.20. The van der Waals surface area contributed by atoms with Crippen molar-refractivity contribution < 1.29 is 18.3 Å². The molecule has 1 aliphatic heterocycles. The molecule has 0 bridgehead atoms. The first-order chi connectivity index (χ1) is 8.84. The van der Waals surface area contributed by atoms with Crippen molar-refractivity contribution in [2.75, 3.05) is 13.1 Å². The molecule has 2 unspecified atom stereocenters. The lowest BCUT2D eigenvalue weighted by atomic mass is 9.83. The molecular weight excluding hydrogens is 268 g/mol. The molecule has 0 radical (unpaired) electrons. The number of nitrogens with zero attached hydrogens (tertiary/aromatic N) is 2. The molecule has 2 atom stereocenters. The van der Waals surface area contributed by atoms with Crippen LogP contribution in [0.25, 0.3) is 0 Å². The quantitative estimate of drug-likeness (QED) is 0.791. The van der Waals surface area contributed by atoms with E-state index in [9.17, 15) is 18.3 Å². The van der Waals surface area contributed by atoms with Gasteiger partial charge >= 0.3 is 5.97 Å². The van der Waals surface area contributed by atoms with E-state index in [1.165, 1.54) is 4.31 Å². The average Bonchev–Trinajstić information content (AvgIpc) is 2.77. The van der Waals surface area contributed by atoms with Crippen LogP contribution < -0.4 is 0 Å². The van der Waals surface area contributed by atoms with E-state index in [0.717, 1.165) is 0 Å². The molecule has 1 N–H and O–H groups in total. The number of hydrogen-bond acceptors (Lipinski definition) is 4. The number of carboxylic acids is 1. The van der Waals surface area contributed by atoms with Crippen LogP contribution in [0.5, 0.6) is 0 Å². The van der Waals surface area contributed by atoms with Crippen LogP contribution in [0, 0.1) is 16.7 Å². The number of hydrogen-bond donors (Lipinski definition) is 1. The summed E-state index contributed by atoms with van der Waals surface area (Å²) < 4.78 is 25.6. The maximum atomic E-state index is 12.2. The number of aliphatic carboxylic acids is 1. The van der Waals surface area contributed by atoms with E-state index in [1.54, 1.807) is 13.0 Å². The van der Waals surface area contributed by atoms with Crippen LogP contribution in [-0.2, 0) is 14.8 Å². The first-order valence-corrected chi connectivity index (χ1v) is 7.96. The maximum absolute atomic E-state index is 12.2. The van der Waals surface area contributed by atoms with E-state index in [-0.39, 0.29) is 19.5 Å². The third kappa shape index (κ3) is 2.90. The summed E-state index contributed by atoms with van der Waals surface area (Å²) in [4.78, 5) is 11.4. The minimum absolute atomic E-state index is 0.0172. The minimum Gasteiger partial charge on any atom is -0.481 e. The fraction of sp³-hybridized carbons (Fsp3) is 0.833. The van der Waals surface area contributed by atoms with Gasteiger partial charge in [0.2, 0.25) is 10.0 Å². The Morgan fingerprint density at radius 3 is 2.58 bits per heavy atom. The molecule has 0 aromatic heterocycles. The number of sulfonamides is 1. The molecule has 0 amide bonds. The lowest BCUT2D eigenvalue weighted by molar-refractivity contribution is -0.148. The Bertz CT molecular complexity index is 482. The fourth-order valence-electron chi connectivity index (χ4n) is 2.56. The highest BCUT2D eigenvalue weighted by Gasteiger charge is 2.48. The van der Waals surface area contributed by atoms with Gasteiger partial charge in [-0.1, -0.05) is 20.3 Å². The van der Waals surface area contributed by atoms with Crippen LogP contribution in [0.3, 0.4) is 0 Å². The molecule has 6 nitrogen and oxygen atoms in total. The zero-order valence-corrected chi connectivity index (χ0v) is 12.1. The van der Waals surface area contributed by atoms with Crippen molar-refractivity contribution in [1.29, 1.82) is 5.26 Å². The second kappa shape index (κ2) is 5.88. The van der Waals surface area contributed by atoms with Crippen molar-refractivity contribution in [1.82, 2.24) is 4.31 Å². The van der Waals surface area contributed by atoms with Crippen molar-refractivity contribution in [3.05, 3.63) is 0 Å². The molecule has 0 aromatic carbocycles. The van der Waals surface area contributed by atoms with Gasteiger partial charge in [-0.15, -0.1) is 0 Å². The molecule has 1 saturated heterocycles. The molecule has 1 fully saturated rings. The smallest absolute Gasteiger partial charge is 0.311 e. The molecule has 0 spiro atoms. The molecule has 7 heteroatoms. The van der Waals surface area contributed by atoms with Gasteiger partial charge in [0.15, 0.2) is 5.25 Å². The summed E-state index contributed by atoms with van der Waals surface area (Å²) >= 11 is 0. The van der Waals surface area contributed by atoms with Gasteiger partial charge in [0.1, 0.15) is 0 Å². The third-order valence-electron chi connectivity index (χ3n) is 3.74. The first kappa shape index (κ1) is 15.9. The van der Waals surface area contributed by atoms with Crippen LogP contribution in [0.4, 0.5) is 0 Å². The van der Waals surface area contributed by atoms with Crippen LogP contribution in [0.2, 0.25) is 0 Å². The number of nitriles is 1. The van der Waals surface area contributed by atoms with Crippen LogP contribution >= 0.6 is 0 Å². The first-order valence-electron chi connectivity index (χ1n) is 6.46. The summed E-state index contributed by atoms with van der Waals surface area (Å²) in [6.45, 7) is 3.69. The second-order valence-corrected chi connectivity index (χ2v) is 7.11. The normalized spacial score (nSPS) is 25.9. The minimum atomic E-state index is -3.71. The lowest BCUT2D eigenvalue weighted by Crippen LogP contribution is -2.40. The molecular formula is C12H20N2O4S. The predicted molar refractivity (Wildman–Crippen MR) is 69.8 cm³/mol. The van der Waals surface area contributed by atoms with Crippen molar-refractivity contribution >= 4 is 16.0 Å². The summed E-state index contributed by atoms with van der Waals surface area (Å²) in [6, 6.07) is 1.78. The zero-order chi connectivity index (χ0) is 14.7. The van der Waals surface area contributed by atoms with Crippen molar-refractivity contribution in [3.63, 3.8) is 0 Å². The highest BCUT2D eigenvalue weighted by molar-refractivity contribution is 7.90. The standard InChI is InChI=1S/C12H20N2O4S/c1-3-5-12(11(15)16)6-7-14(9-12)19(17,18)10(4-2)8-13/h10H,3-7,9H2,1-2H3,(H,15,16). The van der Waals surface area contributed by atoms with Crippen molar-refractivity contribution in [3.8, 4) is 6.07 Å². The van der Waals surface area contributed by atoms with Gasteiger partial charge in [0.05, 0.1) is 11.5 Å². The van der Waals surface area contributed by atoms with E-state index in [1.807, 2.05) is 6.92 Å². The van der Waals surface area contributed by atoms with Gasteiger partial charge in [0, 0.05) is 13.1 Å². The number of carboxylic acid groups (broad SMARTS) is 1. The van der Waals surface area contributed by atoms with Crippen LogP contribution in [0.15, 0.2) is 0 Å². The Hall–Kier alpha value is -1.13. The molecule has 0 aromatic rings. The second-order valence-electron chi connectivity index (χ2n) is 4.99. The topological polar surface area (TPSA) is 98.5 Å². The van der Waals surface area contributed by atoms with Gasteiger partial charge in [-0.25, -0.2) is 8.42 Å². The highest BCUT2D eigenvalue weighted by Crippen LogP contribution is 2.37. The summed E-state index contributed by atoms with van der Waals surface area (Å²) in [6.07, 6.45) is 1.67. The highest BCUT2D eigenvalue weighted by atomic mass is 32.2. The summed E-state index contributed by atoms with van der Waals surface area (Å²) in [7, 11) is -3.71. The zero-order valence-electron chi connectivity index (χ0n) is 11.3. The molecule has 1 aliphatic rings. The van der Waals surface area contributed by atoms with Gasteiger partial charge in [-0.3, -0.25) is 4.79 Å². The number of carbonyl (C=O) groups is 1. The Balaban J connectivity index is 2.97. The van der Waals surface area contributed by atoms with Gasteiger partial charge in [0.25, 0.3) is 0 Å². The fourth-order valence-corrected chi connectivity index (χ4v) is 4.25. The average molecular weight is 288 g/mol. The van der Waals surface area contributed by atoms with E-state index < -0.39 is 26.7 Å². The Labute approximate surface area is 114 Å². The van der Waals surface area contributed by atoms with E-state index in [4.69, 9.17) is 5.26 Å². The molecule has 1 rings (SSSR count). The van der Waals surface area contributed by atoms with Gasteiger partial charge < -0.3 is 5.11 Å². The van der Waals surface area contributed by atoms with E-state index >= 15 is 0 Å².